The van der Waals surface area contributed by atoms with E-state index in [-0.39, 0.29) is 11.9 Å². The predicted octanol–water partition coefficient (Wildman–Crippen LogP) is 2.50. The van der Waals surface area contributed by atoms with Crippen LogP contribution in [-0.2, 0) is 9.53 Å². The van der Waals surface area contributed by atoms with Gasteiger partial charge in [-0.1, -0.05) is 30.3 Å². The Bertz CT molecular complexity index is 305. The second kappa shape index (κ2) is 4.27. The topological polar surface area (TPSA) is 26.3 Å². The highest BCUT2D eigenvalue weighted by molar-refractivity contribution is 5.78. The number of esters is 1. The molecule has 0 N–H and O–H groups in total. The SMILES string of the molecule is O=C1OCCCC[C@@H]1c1ccccc1. The molecule has 0 unspecified atom stereocenters. The Kier molecular flexibility index (Phi) is 2.82. The first-order chi connectivity index (χ1) is 6.88. The lowest BCUT2D eigenvalue weighted by Crippen LogP contribution is -2.13. The molecule has 0 aliphatic carbocycles. The maximum atomic E-state index is 11.6. The van der Waals surface area contributed by atoms with Crippen LogP contribution >= 0.6 is 0 Å². The molecule has 1 saturated heterocycles. The fourth-order valence-corrected chi connectivity index (χ4v) is 1.83. The highest BCUT2D eigenvalue weighted by Crippen LogP contribution is 2.25. The average Bonchev–Trinajstić information content (AvgIpc) is 2.44. The average molecular weight is 190 g/mol. The molecule has 0 spiro atoms. The van der Waals surface area contributed by atoms with E-state index in [2.05, 4.69) is 0 Å². The molecule has 14 heavy (non-hydrogen) atoms. The van der Waals surface area contributed by atoms with Gasteiger partial charge in [-0.3, -0.25) is 4.79 Å². The van der Waals surface area contributed by atoms with Crippen LogP contribution in [0.4, 0.5) is 0 Å². The third-order valence-corrected chi connectivity index (χ3v) is 2.62. The smallest absolute Gasteiger partial charge is 0.313 e. The number of carbonyl (C=O) groups excluding carboxylic acids is 1. The van der Waals surface area contributed by atoms with Crippen LogP contribution in [-0.4, -0.2) is 12.6 Å². The van der Waals surface area contributed by atoms with Gasteiger partial charge in [0.1, 0.15) is 0 Å². The maximum absolute atomic E-state index is 11.6. The van der Waals surface area contributed by atoms with E-state index in [1.165, 1.54) is 0 Å². The van der Waals surface area contributed by atoms with Crippen LogP contribution < -0.4 is 0 Å². The van der Waals surface area contributed by atoms with Crippen LogP contribution in [0.25, 0.3) is 0 Å². The van der Waals surface area contributed by atoms with E-state index in [9.17, 15) is 4.79 Å². The van der Waals surface area contributed by atoms with Crippen LogP contribution in [0.1, 0.15) is 30.7 Å². The largest absolute Gasteiger partial charge is 0.465 e. The molecule has 0 radical (unpaired) electrons. The predicted molar refractivity (Wildman–Crippen MR) is 54.0 cm³/mol. The lowest BCUT2D eigenvalue weighted by Gasteiger charge is -2.11. The number of hydrogen-bond acceptors (Lipinski definition) is 2. The van der Waals surface area contributed by atoms with Gasteiger partial charge in [0.25, 0.3) is 0 Å². The molecule has 1 aromatic rings. The van der Waals surface area contributed by atoms with Crippen molar-refractivity contribution in [2.24, 2.45) is 0 Å². The van der Waals surface area contributed by atoms with E-state index in [1.807, 2.05) is 30.3 Å². The van der Waals surface area contributed by atoms with Crippen molar-refractivity contribution in [2.75, 3.05) is 6.61 Å². The summed E-state index contributed by atoms with van der Waals surface area (Å²) < 4.78 is 5.13. The summed E-state index contributed by atoms with van der Waals surface area (Å²) in [5.74, 6) is -0.104. The van der Waals surface area contributed by atoms with Crippen molar-refractivity contribution in [1.29, 1.82) is 0 Å². The van der Waals surface area contributed by atoms with Crippen molar-refractivity contribution in [3.63, 3.8) is 0 Å². The van der Waals surface area contributed by atoms with Gasteiger partial charge in [0.05, 0.1) is 12.5 Å². The molecule has 1 aromatic carbocycles. The zero-order chi connectivity index (χ0) is 9.80. The number of rotatable bonds is 1. The zero-order valence-corrected chi connectivity index (χ0v) is 8.11. The number of cyclic esters (lactones) is 1. The molecule has 1 aliphatic heterocycles. The van der Waals surface area contributed by atoms with Crippen molar-refractivity contribution >= 4 is 5.97 Å². The monoisotopic (exact) mass is 190 g/mol. The first-order valence-electron chi connectivity index (χ1n) is 5.09. The molecule has 0 amide bonds. The molecule has 0 bridgehead atoms. The van der Waals surface area contributed by atoms with E-state index >= 15 is 0 Å². The van der Waals surface area contributed by atoms with Gasteiger partial charge in [-0.15, -0.1) is 0 Å². The Labute approximate surface area is 83.9 Å². The van der Waals surface area contributed by atoms with Gasteiger partial charge in [-0.05, 0) is 24.8 Å². The number of ether oxygens (including phenoxy) is 1. The van der Waals surface area contributed by atoms with E-state index in [0.29, 0.717) is 6.61 Å². The molecule has 1 atom stereocenters. The summed E-state index contributed by atoms with van der Waals surface area (Å²) in [6, 6.07) is 9.89. The van der Waals surface area contributed by atoms with E-state index in [4.69, 9.17) is 4.74 Å². The third-order valence-electron chi connectivity index (χ3n) is 2.62. The normalized spacial score (nSPS) is 22.6. The minimum Gasteiger partial charge on any atom is -0.465 e. The van der Waals surface area contributed by atoms with Gasteiger partial charge in [0.15, 0.2) is 0 Å². The van der Waals surface area contributed by atoms with Gasteiger partial charge >= 0.3 is 5.97 Å². The van der Waals surface area contributed by atoms with Gasteiger partial charge in [0, 0.05) is 0 Å². The molecule has 2 heteroatoms. The fraction of sp³-hybridized carbons (Fsp3) is 0.417. The van der Waals surface area contributed by atoms with Gasteiger partial charge in [-0.2, -0.15) is 0 Å². The maximum Gasteiger partial charge on any atom is 0.313 e. The van der Waals surface area contributed by atoms with Crippen LogP contribution in [0, 0.1) is 0 Å². The Hall–Kier alpha value is -1.31. The third kappa shape index (κ3) is 1.95. The Morgan fingerprint density at radius 3 is 2.71 bits per heavy atom. The molecule has 2 nitrogen and oxygen atoms in total. The summed E-state index contributed by atoms with van der Waals surface area (Å²) in [7, 11) is 0. The highest BCUT2D eigenvalue weighted by Gasteiger charge is 2.23. The van der Waals surface area contributed by atoms with Crippen molar-refractivity contribution in [1.82, 2.24) is 0 Å². The van der Waals surface area contributed by atoms with Crippen molar-refractivity contribution in [3.8, 4) is 0 Å². The van der Waals surface area contributed by atoms with Crippen molar-refractivity contribution in [3.05, 3.63) is 35.9 Å². The van der Waals surface area contributed by atoms with E-state index in [1.54, 1.807) is 0 Å². The second-order valence-corrected chi connectivity index (χ2v) is 3.63. The van der Waals surface area contributed by atoms with Crippen molar-refractivity contribution < 1.29 is 9.53 Å². The minimum atomic E-state index is -0.0614. The first-order valence-corrected chi connectivity index (χ1v) is 5.09. The minimum absolute atomic E-state index is 0.0429. The molecule has 1 heterocycles. The Morgan fingerprint density at radius 2 is 1.93 bits per heavy atom. The molecular formula is C12H14O2. The quantitative estimate of drug-likeness (QED) is 0.636. The summed E-state index contributed by atoms with van der Waals surface area (Å²) in [5.41, 5.74) is 1.08. The van der Waals surface area contributed by atoms with Gasteiger partial charge in [0.2, 0.25) is 0 Å². The highest BCUT2D eigenvalue weighted by atomic mass is 16.5. The summed E-state index contributed by atoms with van der Waals surface area (Å²) in [6.07, 6.45) is 2.99. The molecule has 0 saturated carbocycles. The van der Waals surface area contributed by atoms with Gasteiger partial charge in [-0.25, -0.2) is 0 Å². The molecule has 1 aliphatic rings. The lowest BCUT2D eigenvalue weighted by molar-refractivity contribution is -0.144. The van der Waals surface area contributed by atoms with Crippen LogP contribution in [0.5, 0.6) is 0 Å². The van der Waals surface area contributed by atoms with Crippen LogP contribution in [0.3, 0.4) is 0 Å². The Morgan fingerprint density at radius 1 is 1.14 bits per heavy atom. The Balaban J connectivity index is 2.19. The number of carbonyl (C=O) groups is 1. The number of hydrogen-bond donors (Lipinski definition) is 0. The fourth-order valence-electron chi connectivity index (χ4n) is 1.83. The summed E-state index contributed by atoms with van der Waals surface area (Å²) in [5, 5.41) is 0. The summed E-state index contributed by atoms with van der Waals surface area (Å²) >= 11 is 0. The molecular weight excluding hydrogens is 176 g/mol. The lowest BCUT2D eigenvalue weighted by atomic mass is 9.94. The summed E-state index contributed by atoms with van der Waals surface area (Å²) in [4.78, 5) is 11.6. The molecule has 74 valence electrons. The second-order valence-electron chi connectivity index (χ2n) is 3.63. The zero-order valence-electron chi connectivity index (χ0n) is 8.11. The van der Waals surface area contributed by atoms with Crippen LogP contribution in [0.2, 0.25) is 0 Å². The molecule has 1 fully saturated rings. The van der Waals surface area contributed by atoms with E-state index in [0.717, 1.165) is 24.8 Å². The standard InChI is InChI=1S/C12H14O2/c13-12-11(8-4-5-9-14-12)10-6-2-1-3-7-10/h1-3,6-7,11H,4-5,8-9H2/t11-/m1/s1. The first kappa shape index (κ1) is 9.25. The van der Waals surface area contributed by atoms with E-state index < -0.39 is 0 Å². The summed E-state index contributed by atoms with van der Waals surface area (Å²) in [6.45, 7) is 0.585. The van der Waals surface area contributed by atoms with Crippen LogP contribution in [0.15, 0.2) is 30.3 Å². The molecule has 0 aromatic heterocycles. The number of benzene rings is 1. The molecule has 2 rings (SSSR count). The van der Waals surface area contributed by atoms with Crippen molar-refractivity contribution in [2.45, 2.75) is 25.2 Å². The van der Waals surface area contributed by atoms with Gasteiger partial charge < -0.3 is 4.74 Å².